The van der Waals surface area contributed by atoms with Crippen molar-refractivity contribution in [3.05, 3.63) is 39.5 Å². The Balaban J connectivity index is 0.00000280. The van der Waals surface area contributed by atoms with Crippen molar-refractivity contribution in [2.75, 3.05) is 37.3 Å². The van der Waals surface area contributed by atoms with Gasteiger partial charge in [0, 0.05) is 18.0 Å². The topological polar surface area (TPSA) is 36.4 Å². The molecule has 28 heavy (non-hydrogen) atoms. The van der Waals surface area contributed by atoms with Crippen molar-refractivity contribution in [3.63, 3.8) is 0 Å². The Hall–Kier alpha value is -0.830. The Morgan fingerprint density at radius 1 is 1.14 bits per heavy atom. The minimum Gasteiger partial charge on any atom is -0.302 e. The molecule has 0 spiro atoms. The first-order valence-electron chi connectivity index (χ1n) is 8.80. The fourth-order valence-corrected chi connectivity index (χ4v) is 5.46. The van der Waals surface area contributed by atoms with Crippen molar-refractivity contribution in [1.82, 2.24) is 9.88 Å². The molecule has 0 aliphatic heterocycles. The van der Waals surface area contributed by atoms with Crippen LogP contribution in [-0.4, -0.2) is 48.2 Å². The normalized spacial score (nSPS) is 11.0. The number of carbonyl (C=O) groups excluding carboxylic acids is 1. The van der Waals surface area contributed by atoms with Gasteiger partial charge in [-0.2, -0.15) is 0 Å². The van der Waals surface area contributed by atoms with Gasteiger partial charge in [-0.15, -0.1) is 35.5 Å². The van der Waals surface area contributed by atoms with Crippen LogP contribution < -0.4 is 4.90 Å². The molecule has 9 heteroatoms. The van der Waals surface area contributed by atoms with E-state index in [9.17, 15) is 4.79 Å². The summed E-state index contributed by atoms with van der Waals surface area (Å²) in [5, 5.41) is 0.744. The fraction of sp³-hybridized carbons (Fsp3) is 0.368. The van der Waals surface area contributed by atoms with Crippen molar-refractivity contribution in [2.24, 2.45) is 0 Å². The number of thioether (sulfide) groups is 1. The highest BCUT2D eigenvalue weighted by Gasteiger charge is 2.23. The van der Waals surface area contributed by atoms with Crippen LogP contribution in [0.5, 0.6) is 0 Å². The monoisotopic (exact) mass is 475 g/mol. The molecule has 0 N–H and O–H groups in total. The second-order valence-electron chi connectivity index (χ2n) is 5.89. The van der Waals surface area contributed by atoms with E-state index >= 15 is 0 Å². The maximum Gasteiger partial charge on any atom is 0.270 e. The number of aromatic nitrogens is 1. The zero-order chi connectivity index (χ0) is 19.4. The molecular weight excluding hydrogens is 453 g/mol. The Kier molecular flexibility index (Phi) is 9.05. The second-order valence-corrected chi connectivity index (χ2v) is 9.46. The van der Waals surface area contributed by atoms with E-state index in [4.69, 9.17) is 16.6 Å². The highest BCUT2D eigenvalue weighted by atomic mass is 35.5. The molecule has 152 valence electrons. The van der Waals surface area contributed by atoms with Crippen molar-refractivity contribution in [1.29, 1.82) is 0 Å². The van der Waals surface area contributed by atoms with Crippen LogP contribution in [-0.2, 0) is 0 Å². The molecule has 2 heterocycles. The van der Waals surface area contributed by atoms with Crippen molar-refractivity contribution < 1.29 is 4.79 Å². The molecule has 2 aromatic heterocycles. The Bertz CT molecular complexity index is 924. The highest BCUT2D eigenvalue weighted by molar-refractivity contribution is 7.98. The van der Waals surface area contributed by atoms with E-state index in [-0.39, 0.29) is 18.3 Å². The van der Waals surface area contributed by atoms with E-state index in [1.807, 2.05) is 12.3 Å². The Morgan fingerprint density at radius 3 is 2.50 bits per heavy atom. The van der Waals surface area contributed by atoms with Crippen LogP contribution in [0.1, 0.15) is 23.5 Å². The van der Waals surface area contributed by atoms with Gasteiger partial charge in [0.2, 0.25) is 0 Å². The van der Waals surface area contributed by atoms with Crippen LogP contribution in [0.3, 0.4) is 0 Å². The van der Waals surface area contributed by atoms with E-state index < -0.39 is 0 Å². The van der Waals surface area contributed by atoms with Crippen LogP contribution >= 0.6 is 58.4 Å². The van der Waals surface area contributed by atoms with Gasteiger partial charge in [-0.1, -0.05) is 42.9 Å². The minimum atomic E-state index is -0.0381. The molecule has 0 aliphatic carbocycles. The van der Waals surface area contributed by atoms with Crippen molar-refractivity contribution in [3.8, 4) is 0 Å². The summed E-state index contributed by atoms with van der Waals surface area (Å²) >= 11 is 10.6. The molecule has 3 aromatic rings. The van der Waals surface area contributed by atoms with E-state index in [0.29, 0.717) is 15.8 Å². The van der Waals surface area contributed by atoms with Gasteiger partial charge in [0.05, 0.1) is 19.4 Å². The maximum absolute atomic E-state index is 13.2. The number of anilines is 1. The van der Waals surface area contributed by atoms with Crippen LogP contribution in [0.4, 0.5) is 5.13 Å². The number of likely N-dealkylation sites (N-methyl/N-ethyl adjacent to an activating group) is 1. The zero-order valence-electron chi connectivity index (χ0n) is 16.0. The fourth-order valence-electron chi connectivity index (χ4n) is 2.82. The summed E-state index contributed by atoms with van der Waals surface area (Å²) in [6, 6.07) is 9.73. The number of amides is 1. The molecule has 0 radical (unpaired) electrons. The van der Waals surface area contributed by atoms with E-state index in [2.05, 4.69) is 30.9 Å². The number of thiazole rings is 1. The van der Waals surface area contributed by atoms with Gasteiger partial charge in [0.25, 0.3) is 5.91 Å². The quantitative estimate of drug-likeness (QED) is 0.366. The van der Waals surface area contributed by atoms with Gasteiger partial charge in [-0.25, -0.2) is 4.98 Å². The lowest BCUT2D eigenvalue weighted by Crippen LogP contribution is -2.38. The van der Waals surface area contributed by atoms with Gasteiger partial charge in [0.1, 0.15) is 0 Å². The third kappa shape index (κ3) is 5.20. The van der Waals surface area contributed by atoms with E-state index in [0.717, 1.165) is 39.9 Å². The number of carbonyl (C=O) groups is 1. The van der Waals surface area contributed by atoms with Gasteiger partial charge in [-0.3, -0.25) is 9.69 Å². The number of para-hydroxylation sites is 1. The van der Waals surface area contributed by atoms with E-state index in [1.54, 1.807) is 40.1 Å². The third-order valence-electron chi connectivity index (χ3n) is 4.38. The summed E-state index contributed by atoms with van der Waals surface area (Å²) in [6.07, 6.45) is 2.05. The van der Waals surface area contributed by atoms with Gasteiger partial charge in [-0.05, 0) is 43.6 Å². The lowest BCUT2D eigenvalue weighted by Gasteiger charge is -2.24. The molecule has 0 saturated heterocycles. The van der Waals surface area contributed by atoms with Crippen molar-refractivity contribution in [2.45, 2.75) is 18.7 Å². The van der Waals surface area contributed by atoms with Crippen LogP contribution in [0.2, 0.25) is 4.34 Å². The Morgan fingerprint density at radius 2 is 1.89 bits per heavy atom. The summed E-state index contributed by atoms with van der Waals surface area (Å²) in [7, 11) is 0. The lowest BCUT2D eigenvalue weighted by molar-refractivity contribution is 0.0987. The first-order chi connectivity index (χ1) is 13.1. The standard InChI is InChI=1S/C19H22ClN3OS3.ClH/c1-4-22(5-2)11-12-23(18(24)15-9-10-16(20)26-15)19-21-17-13(25-3)7-6-8-14(17)27-19;/h6-10H,4-5,11-12H2,1-3H3;1H. The number of hydrogen-bond donors (Lipinski definition) is 0. The summed E-state index contributed by atoms with van der Waals surface area (Å²) in [5.74, 6) is -0.0381. The van der Waals surface area contributed by atoms with Crippen LogP contribution in [0, 0.1) is 0 Å². The number of nitrogens with zero attached hydrogens (tertiary/aromatic N) is 3. The lowest BCUT2D eigenvalue weighted by atomic mass is 10.3. The number of benzene rings is 1. The maximum atomic E-state index is 13.2. The summed E-state index contributed by atoms with van der Waals surface area (Å²) in [6.45, 7) is 7.60. The average Bonchev–Trinajstić information content (AvgIpc) is 3.30. The van der Waals surface area contributed by atoms with Crippen LogP contribution in [0.15, 0.2) is 35.2 Å². The predicted octanol–water partition coefficient (Wildman–Crippen LogP) is 6.14. The van der Waals surface area contributed by atoms with Gasteiger partial charge < -0.3 is 4.90 Å². The van der Waals surface area contributed by atoms with E-state index in [1.165, 1.54) is 11.3 Å². The summed E-state index contributed by atoms with van der Waals surface area (Å²) in [5.41, 5.74) is 0.967. The molecule has 4 nitrogen and oxygen atoms in total. The largest absolute Gasteiger partial charge is 0.302 e. The number of thiophene rings is 1. The molecule has 1 aromatic carbocycles. The molecule has 0 atom stereocenters. The smallest absolute Gasteiger partial charge is 0.270 e. The molecule has 0 unspecified atom stereocenters. The zero-order valence-corrected chi connectivity index (χ0v) is 20.0. The molecular formula is C19H23Cl2N3OS3. The van der Waals surface area contributed by atoms with Gasteiger partial charge >= 0.3 is 0 Å². The predicted molar refractivity (Wildman–Crippen MR) is 127 cm³/mol. The average molecular weight is 477 g/mol. The number of rotatable bonds is 8. The third-order valence-corrected chi connectivity index (χ3v) is 7.42. The molecule has 1 amide bonds. The minimum absolute atomic E-state index is 0. The first kappa shape index (κ1) is 23.4. The molecule has 0 bridgehead atoms. The number of halogens is 2. The Labute approximate surface area is 189 Å². The summed E-state index contributed by atoms with van der Waals surface area (Å²) < 4.78 is 1.72. The molecule has 3 rings (SSSR count). The number of hydrogen-bond acceptors (Lipinski definition) is 6. The molecule has 0 saturated carbocycles. The SMILES string of the molecule is CCN(CC)CCN(C(=O)c1ccc(Cl)s1)c1nc2c(SC)cccc2s1.Cl. The van der Waals surface area contributed by atoms with Gasteiger partial charge in [0.15, 0.2) is 5.13 Å². The van der Waals surface area contributed by atoms with Crippen molar-refractivity contribution >= 4 is 79.7 Å². The highest BCUT2D eigenvalue weighted by Crippen LogP contribution is 2.35. The van der Waals surface area contributed by atoms with Crippen LogP contribution in [0.25, 0.3) is 10.2 Å². The molecule has 0 fully saturated rings. The summed E-state index contributed by atoms with van der Waals surface area (Å²) in [4.78, 5) is 23.9. The second kappa shape index (κ2) is 10.8. The first-order valence-corrected chi connectivity index (χ1v) is 12.0. The number of fused-ring (bicyclic) bond motifs is 1. The molecule has 0 aliphatic rings.